The molecule has 0 aromatic rings. The Morgan fingerprint density at radius 2 is 1.69 bits per heavy atom. The van der Waals surface area contributed by atoms with Crippen molar-refractivity contribution in [3.8, 4) is 0 Å². The quantitative estimate of drug-likeness (QED) is 0.505. The SMILES string of the molecule is CCOC1(OCC)CC[C@@]2(C)C(=CC[C@@H]3[C@@H]2CC[C@]2(C)C(=O)CC[C@@H]32)C1. The zero-order chi connectivity index (χ0) is 18.6. The zero-order valence-corrected chi connectivity index (χ0v) is 17.1. The molecule has 0 aromatic heterocycles. The largest absolute Gasteiger partial charge is 0.350 e. The molecule has 4 aliphatic carbocycles. The van der Waals surface area contributed by atoms with Crippen molar-refractivity contribution in [3.05, 3.63) is 11.6 Å². The fraction of sp³-hybridized carbons (Fsp3) is 0.870. The average molecular weight is 361 g/mol. The van der Waals surface area contributed by atoms with Crippen LogP contribution < -0.4 is 0 Å². The molecule has 0 aliphatic heterocycles. The monoisotopic (exact) mass is 360 g/mol. The molecule has 0 amide bonds. The summed E-state index contributed by atoms with van der Waals surface area (Å²) in [5.74, 6) is 2.16. The van der Waals surface area contributed by atoms with E-state index in [2.05, 4.69) is 33.8 Å². The molecule has 0 aromatic carbocycles. The van der Waals surface area contributed by atoms with Crippen LogP contribution in [0.2, 0.25) is 0 Å². The number of hydrogen-bond acceptors (Lipinski definition) is 3. The molecular weight excluding hydrogens is 324 g/mol. The van der Waals surface area contributed by atoms with Crippen LogP contribution in [0.5, 0.6) is 0 Å². The molecule has 0 N–H and O–H groups in total. The van der Waals surface area contributed by atoms with Gasteiger partial charge in [-0.1, -0.05) is 25.5 Å². The van der Waals surface area contributed by atoms with Crippen molar-refractivity contribution >= 4 is 5.78 Å². The minimum Gasteiger partial charge on any atom is -0.350 e. The maximum Gasteiger partial charge on any atom is 0.171 e. The van der Waals surface area contributed by atoms with Crippen LogP contribution in [0.4, 0.5) is 0 Å². The fourth-order valence-electron chi connectivity index (χ4n) is 7.19. The normalized spacial score (nSPS) is 44.1. The summed E-state index contributed by atoms with van der Waals surface area (Å²) in [7, 11) is 0. The molecule has 5 atom stereocenters. The van der Waals surface area contributed by atoms with Crippen molar-refractivity contribution in [3.63, 3.8) is 0 Å². The van der Waals surface area contributed by atoms with Gasteiger partial charge in [-0.05, 0) is 69.1 Å². The van der Waals surface area contributed by atoms with Gasteiger partial charge in [0, 0.05) is 37.9 Å². The molecule has 26 heavy (non-hydrogen) atoms. The van der Waals surface area contributed by atoms with Crippen molar-refractivity contribution in [1.29, 1.82) is 0 Å². The topological polar surface area (TPSA) is 35.5 Å². The number of rotatable bonds is 4. The smallest absolute Gasteiger partial charge is 0.171 e. The highest BCUT2D eigenvalue weighted by Gasteiger charge is 2.59. The van der Waals surface area contributed by atoms with Crippen LogP contribution in [0.1, 0.15) is 79.1 Å². The van der Waals surface area contributed by atoms with E-state index < -0.39 is 5.79 Å². The summed E-state index contributed by atoms with van der Waals surface area (Å²) >= 11 is 0. The maximum atomic E-state index is 12.5. The molecule has 4 aliphatic rings. The Kier molecular flexibility index (Phi) is 4.63. The van der Waals surface area contributed by atoms with Gasteiger partial charge in [-0.3, -0.25) is 4.79 Å². The van der Waals surface area contributed by atoms with Crippen molar-refractivity contribution in [2.45, 2.75) is 84.8 Å². The molecule has 0 spiro atoms. The number of hydrogen-bond donors (Lipinski definition) is 0. The Morgan fingerprint density at radius 1 is 1.00 bits per heavy atom. The minimum absolute atomic E-state index is 0.0298. The number of ether oxygens (including phenoxy) is 2. The molecular formula is C23H36O3. The van der Waals surface area contributed by atoms with Crippen molar-refractivity contribution in [1.82, 2.24) is 0 Å². The third-order valence-electron chi connectivity index (χ3n) is 8.63. The lowest BCUT2D eigenvalue weighted by Gasteiger charge is -2.58. The molecule has 3 saturated carbocycles. The lowest BCUT2D eigenvalue weighted by molar-refractivity contribution is -0.251. The van der Waals surface area contributed by atoms with E-state index in [-0.39, 0.29) is 10.8 Å². The molecule has 0 heterocycles. The first-order valence-electron chi connectivity index (χ1n) is 10.9. The fourth-order valence-corrected chi connectivity index (χ4v) is 7.19. The molecule has 3 nitrogen and oxygen atoms in total. The van der Waals surface area contributed by atoms with Crippen molar-refractivity contribution in [2.24, 2.45) is 28.6 Å². The molecule has 4 rings (SSSR count). The van der Waals surface area contributed by atoms with Gasteiger partial charge in [0.25, 0.3) is 0 Å². The van der Waals surface area contributed by atoms with Crippen LogP contribution in [0.25, 0.3) is 0 Å². The standard InChI is InChI=1S/C23H36O3/c1-5-25-23(26-6-2)14-13-21(3)16(15-23)7-8-17-18-9-10-20(24)22(18,4)12-11-19(17)21/h7,17-19H,5-6,8-15H2,1-4H3/t17-,18-,19-,21-,22-/m0/s1. The lowest BCUT2D eigenvalue weighted by Crippen LogP contribution is -2.53. The number of carbonyl (C=O) groups excluding carboxylic acids is 1. The summed E-state index contributed by atoms with van der Waals surface area (Å²) < 4.78 is 12.3. The number of fused-ring (bicyclic) bond motifs is 5. The Bertz CT molecular complexity index is 603. The van der Waals surface area contributed by atoms with Crippen molar-refractivity contribution < 1.29 is 14.3 Å². The first kappa shape index (κ1) is 18.7. The summed E-state index contributed by atoms with van der Waals surface area (Å²) in [6.45, 7) is 10.3. The Labute approximate surface area is 158 Å². The number of allylic oxidation sites excluding steroid dienone is 1. The van der Waals surface area contributed by atoms with Crippen molar-refractivity contribution in [2.75, 3.05) is 13.2 Å². The van der Waals surface area contributed by atoms with Crippen LogP contribution in [0, 0.1) is 28.6 Å². The molecule has 3 heteroatoms. The zero-order valence-electron chi connectivity index (χ0n) is 17.1. The first-order valence-corrected chi connectivity index (χ1v) is 10.9. The number of ketones is 1. The second-order valence-electron chi connectivity index (χ2n) is 9.63. The molecule has 0 saturated heterocycles. The highest BCUT2D eigenvalue weighted by Crippen LogP contribution is 2.64. The van der Waals surface area contributed by atoms with Crippen LogP contribution in [0.3, 0.4) is 0 Å². The highest BCUT2D eigenvalue weighted by molar-refractivity contribution is 5.87. The van der Waals surface area contributed by atoms with Crippen LogP contribution in [-0.2, 0) is 14.3 Å². The predicted octanol–water partition coefficient (Wildman–Crippen LogP) is 5.29. The van der Waals surface area contributed by atoms with E-state index in [9.17, 15) is 4.79 Å². The summed E-state index contributed by atoms with van der Waals surface area (Å²) in [6.07, 6.45) is 11.0. The van der Waals surface area contributed by atoms with Gasteiger partial charge in [0.05, 0.1) is 0 Å². The minimum atomic E-state index is -0.409. The van der Waals surface area contributed by atoms with E-state index in [4.69, 9.17) is 9.47 Å². The highest BCUT2D eigenvalue weighted by atomic mass is 16.7. The van der Waals surface area contributed by atoms with Crippen LogP contribution >= 0.6 is 0 Å². The van der Waals surface area contributed by atoms with E-state index in [1.807, 2.05) is 0 Å². The Morgan fingerprint density at radius 3 is 2.38 bits per heavy atom. The second kappa shape index (κ2) is 6.44. The molecule has 0 bridgehead atoms. The van der Waals surface area contributed by atoms with Crippen LogP contribution in [0.15, 0.2) is 11.6 Å². The van der Waals surface area contributed by atoms with Gasteiger partial charge in [0.2, 0.25) is 0 Å². The van der Waals surface area contributed by atoms with E-state index >= 15 is 0 Å². The van der Waals surface area contributed by atoms with Gasteiger partial charge in [0.15, 0.2) is 5.79 Å². The average Bonchev–Trinajstić information content (AvgIpc) is 2.91. The van der Waals surface area contributed by atoms with E-state index in [0.29, 0.717) is 30.8 Å². The van der Waals surface area contributed by atoms with E-state index in [1.54, 1.807) is 5.57 Å². The summed E-state index contributed by atoms with van der Waals surface area (Å²) in [5, 5.41) is 0. The van der Waals surface area contributed by atoms with E-state index in [1.165, 1.54) is 6.42 Å². The van der Waals surface area contributed by atoms with Gasteiger partial charge in [0.1, 0.15) is 5.78 Å². The maximum absolute atomic E-state index is 12.5. The van der Waals surface area contributed by atoms with Gasteiger partial charge in [-0.15, -0.1) is 0 Å². The van der Waals surface area contributed by atoms with Gasteiger partial charge >= 0.3 is 0 Å². The summed E-state index contributed by atoms with van der Waals surface area (Å²) in [6, 6.07) is 0. The van der Waals surface area contributed by atoms with Crippen LogP contribution in [-0.4, -0.2) is 24.8 Å². The molecule has 0 unspecified atom stereocenters. The summed E-state index contributed by atoms with van der Waals surface area (Å²) in [4.78, 5) is 12.5. The molecule has 146 valence electrons. The number of Topliss-reactive ketones (excluding diaryl/α,β-unsaturated/α-hetero) is 1. The summed E-state index contributed by atoms with van der Waals surface area (Å²) in [5.41, 5.74) is 1.81. The number of carbonyl (C=O) groups is 1. The third kappa shape index (κ3) is 2.57. The van der Waals surface area contributed by atoms with Gasteiger partial charge in [-0.2, -0.15) is 0 Å². The third-order valence-corrected chi connectivity index (χ3v) is 8.63. The first-order chi connectivity index (χ1) is 12.4. The Balaban J connectivity index is 1.62. The molecule has 3 fully saturated rings. The second-order valence-corrected chi connectivity index (χ2v) is 9.63. The Hall–Kier alpha value is -0.670. The predicted molar refractivity (Wildman–Crippen MR) is 103 cm³/mol. The lowest BCUT2D eigenvalue weighted by atomic mass is 9.48. The van der Waals surface area contributed by atoms with E-state index in [0.717, 1.165) is 50.9 Å². The molecule has 0 radical (unpaired) electrons. The van der Waals surface area contributed by atoms with Gasteiger partial charge in [-0.25, -0.2) is 0 Å². The van der Waals surface area contributed by atoms with Gasteiger partial charge < -0.3 is 9.47 Å².